The number of thioether (sulfide) groups is 1. The number of benzene rings is 1. The van der Waals surface area contributed by atoms with E-state index in [2.05, 4.69) is 34.1 Å². The van der Waals surface area contributed by atoms with Gasteiger partial charge in [-0.05, 0) is 43.2 Å². The maximum atomic E-state index is 12.8. The van der Waals surface area contributed by atoms with Crippen LogP contribution in [0.5, 0.6) is 0 Å². The Labute approximate surface area is 208 Å². The van der Waals surface area contributed by atoms with Crippen molar-refractivity contribution in [3.63, 3.8) is 0 Å². The summed E-state index contributed by atoms with van der Waals surface area (Å²) in [5, 5.41) is 0.811. The van der Waals surface area contributed by atoms with Crippen LogP contribution in [0.1, 0.15) is 47.5 Å². The van der Waals surface area contributed by atoms with Gasteiger partial charge in [0, 0.05) is 49.8 Å². The molecular weight excluding hydrogens is 464 g/mol. The van der Waals surface area contributed by atoms with Gasteiger partial charge in [-0.2, -0.15) is 11.8 Å². The van der Waals surface area contributed by atoms with Gasteiger partial charge in [0.2, 0.25) is 5.91 Å². The molecule has 180 valence electrons. The number of fused-ring (bicyclic) bond motifs is 3. The summed E-state index contributed by atoms with van der Waals surface area (Å²) in [5.74, 6) is 2.33. The van der Waals surface area contributed by atoms with Crippen LogP contribution in [0.4, 0.5) is 0 Å². The number of carbonyl (C=O) groups excluding carboxylic acids is 1. The third-order valence-corrected chi connectivity index (χ3v) is 8.92. The highest BCUT2D eigenvalue weighted by atomic mass is 32.2. The van der Waals surface area contributed by atoms with Crippen LogP contribution in [0.3, 0.4) is 0 Å². The number of aromatic amines is 1. The van der Waals surface area contributed by atoms with Gasteiger partial charge in [0.05, 0.1) is 11.1 Å². The largest absolute Gasteiger partial charge is 0.341 e. The molecule has 3 heterocycles. The van der Waals surface area contributed by atoms with Crippen LogP contribution in [0.15, 0.2) is 35.1 Å². The summed E-state index contributed by atoms with van der Waals surface area (Å²) >= 11 is 3.36. The SMILES string of the molecule is O=C(CCSCc1nc2sc3c(c2c(=O)[nH]1)CCCC3)N1CCCN(Cc2ccccc2)CC1. The van der Waals surface area contributed by atoms with Gasteiger partial charge in [-0.1, -0.05) is 30.3 Å². The number of carbonyl (C=O) groups is 1. The van der Waals surface area contributed by atoms with Crippen LogP contribution < -0.4 is 5.56 Å². The summed E-state index contributed by atoms with van der Waals surface area (Å²) in [6.07, 6.45) is 5.98. The van der Waals surface area contributed by atoms with Gasteiger partial charge in [0.25, 0.3) is 5.56 Å². The molecule has 0 radical (unpaired) electrons. The molecule has 5 rings (SSSR count). The predicted molar refractivity (Wildman–Crippen MR) is 141 cm³/mol. The van der Waals surface area contributed by atoms with Crippen molar-refractivity contribution in [3.8, 4) is 0 Å². The number of thiophene rings is 1. The highest BCUT2D eigenvalue weighted by Crippen LogP contribution is 2.33. The zero-order valence-corrected chi connectivity index (χ0v) is 21.2. The molecule has 0 saturated carbocycles. The van der Waals surface area contributed by atoms with E-state index in [-0.39, 0.29) is 11.5 Å². The van der Waals surface area contributed by atoms with Gasteiger partial charge in [-0.15, -0.1) is 11.3 Å². The second-order valence-corrected chi connectivity index (χ2v) is 11.4. The van der Waals surface area contributed by atoms with Gasteiger partial charge >= 0.3 is 0 Å². The summed E-state index contributed by atoms with van der Waals surface area (Å²) in [4.78, 5) is 39.9. The standard InChI is InChI=1S/C26H32N4O2S2/c31-23(30-13-6-12-29(14-15-30)17-19-7-2-1-3-8-19)11-16-33-18-22-27-25(32)24-20-9-4-5-10-21(20)34-26(24)28-22/h1-3,7-8H,4-6,9-18H2,(H,27,28,32). The van der Waals surface area contributed by atoms with E-state index in [0.717, 1.165) is 80.2 Å². The lowest BCUT2D eigenvalue weighted by Crippen LogP contribution is -2.35. The van der Waals surface area contributed by atoms with Crippen molar-refractivity contribution in [2.24, 2.45) is 0 Å². The smallest absolute Gasteiger partial charge is 0.259 e. The van der Waals surface area contributed by atoms with Gasteiger partial charge in [0.1, 0.15) is 10.7 Å². The van der Waals surface area contributed by atoms with Crippen molar-refractivity contribution in [2.45, 2.75) is 50.8 Å². The fourth-order valence-corrected chi connectivity index (χ4v) is 7.06. The van der Waals surface area contributed by atoms with Crippen molar-refractivity contribution in [2.75, 3.05) is 31.9 Å². The van der Waals surface area contributed by atoms with Crippen molar-refractivity contribution in [3.05, 3.63) is 62.5 Å². The first-order valence-electron chi connectivity index (χ1n) is 12.3. The van der Waals surface area contributed by atoms with Crippen molar-refractivity contribution in [1.29, 1.82) is 0 Å². The summed E-state index contributed by atoms with van der Waals surface area (Å²) in [7, 11) is 0. The minimum absolute atomic E-state index is 0.000648. The van der Waals surface area contributed by atoms with Gasteiger partial charge in [-0.25, -0.2) is 4.98 Å². The van der Waals surface area contributed by atoms with E-state index in [1.165, 1.54) is 22.4 Å². The molecule has 1 aliphatic heterocycles. The van der Waals surface area contributed by atoms with Crippen LogP contribution in [0, 0.1) is 0 Å². The molecule has 1 fully saturated rings. The van der Waals surface area contributed by atoms with E-state index in [1.807, 2.05) is 11.0 Å². The van der Waals surface area contributed by atoms with E-state index in [9.17, 15) is 9.59 Å². The van der Waals surface area contributed by atoms with E-state index >= 15 is 0 Å². The van der Waals surface area contributed by atoms with Gasteiger partial charge < -0.3 is 9.88 Å². The minimum Gasteiger partial charge on any atom is -0.341 e. The summed E-state index contributed by atoms with van der Waals surface area (Å²) in [6.45, 7) is 4.53. The van der Waals surface area contributed by atoms with Crippen molar-refractivity contribution < 1.29 is 4.79 Å². The summed E-state index contributed by atoms with van der Waals surface area (Å²) < 4.78 is 0. The molecule has 1 aromatic carbocycles. The van der Waals surface area contributed by atoms with E-state index in [1.54, 1.807) is 23.1 Å². The quantitative estimate of drug-likeness (QED) is 0.496. The fourth-order valence-electron chi connectivity index (χ4n) is 4.98. The van der Waals surface area contributed by atoms with E-state index < -0.39 is 0 Å². The normalized spacial score (nSPS) is 17.0. The van der Waals surface area contributed by atoms with Crippen LogP contribution in [-0.2, 0) is 29.9 Å². The topological polar surface area (TPSA) is 69.3 Å². The molecule has 34 heavy (non-hydrogen) atoms. The Morgan fingerprint density at radius 3 is 2.79 bits per heavy atom. The van der Waals surface area contributed by atoms with Crippen molar-refractivity contribution in [1.82, 2.24) is 19.8 Å². The highest BCUT2D eigenvalue weighted by Gasteiger charge is 2.21. The zero-order valence-electron chi connectivity index (χ0n) is 19.6. The third-order valence-electron chi connectivity index (χ3n) is 6.76. The lowest BCUT2D eigenvalue weighted by atomic mass is 9.97. The van der Waals surface area contributed by atoms with Crippen LogP contribution in [-0.4, -0.2) is 57.6 Å². The van der Waals surface area contributed by atoms with E-state index in [0.29, 0.717) is 12.2 Å². The molecule has 0 spiro atoms. The Morgan fingerprint density at radius 2 is 1.91 bits per heavy atom. The number of rotatable bonds is 7. The lowest BCUT2D eigenvalue weighted by Gasteiger charge is -2.22. The molecule has 8 heteroatoms. The number of H-pyrrole nitrogens is 1. The number of aryl methyl sites for hydroxylation is 2. The molecule has 6 nitrogen and oxygen atoms in total. The monoisotopic (exact) mass is 496 g/mol. The maximum Gasteiger partial charge on any atom is 0.259 e. The first kappa shape index (κ1) is 23.6. The molecule has 0 unspecified atom stereocenters. The summed E-state index contributed by atoms with van der Waals surface area (Å²) in [5.41, 5.74) is 2.55. The first-order chi connectivity index (χ1) is 16.7. The Morgan fingerprint density at radius 1 is 1.06 bits per heavy atom. The molecule has 1 saturated heterocycles. The zero-order chi connectivity index (χ0) is 23.3. The van der Waals surface area contributed by atoms with Gasteiger partial charge in [-0.3, -0.25) is 14.5 Å². The van der Waals surface area contributed by atoms with Crippen molar-refractivity contribution >= 4 is 39.2 Å². The average Bonchev–Trinajstić information content (AvgIpc) is 3.07. The lowest BCUT2D eigenvalue weighted by molar-refractivity contribution is -0.130. The Bertz CT molecular complexity index is 1190. The molecule has 0 atom stereocenters. The van der Waals surface area contributed by atoms with Crippen LogP contribution in [0.2, 0.25) is 0 Å². The number of nitrogens with zero attached hydrogens (tertiary/aromatic N) is 3. The number of aromatic nitrogens is 2. The number of hydrogen-bond donors (Lipinski definition) is 1. The number of amides is 1. The second kappa shape index (κ2) is 11.1. The molecular formula is C26H32N4O2S2. The Hall–Kier alpha value is -2.16. The average molecular weight is 497 g/mol. The molecule has 1 N–H and O–H groups in total. The Kier molecular flexibility index (Phi) is 7.67. The molecule has 2 aliphatic rings. The molecule has 0 bridgehead atoms. The fraction of sp³-hybridized carbons (Fsp3) is 0.500. The maximum absolute atomic E-state index is 12.8. The minimum atomic E-state index is 0.000648. The second-order valence-electron chi connectivity index (χ2n) is 9.20. The third kappa shape index (κ3) is 5.56. The van der Waals surface area contributed by atoms with Gasteiger partial charge in [0.15, 0.2) is 0 Å². The molecule has 1 aliphatic carbocycles. The molecule has 3 aromatic rings. The first-order valence-corrected chi connectivity index (χ1v) is 14.3. The Balaban J connectivity index is 1.09. The van der Waals surface area contributed by atoms with Crippen LogP contribution >= 0.6 is 23.1 Å². The number of nitrogens with one attached hydrogen (secondary N) is 1. The highest BCUT2D eigenvalue weighted by molar-refractivity contribution is 7.98. The molecule has 2 aromatic heterocycles. The summed E-state index contributed by atoms with van der Waals surface area (Å²) in [6, 6.07) is 10.5. The predicted octanol–water partition coefficient (Wildman–Crippen LogP) is 4.22. The van der Waals surface area contributed by atoms with Crippen LogP contribution in [0.25, 0.3) is 10.2 Å². The number of hydrogen-bond acceptors (Lipinski definition) is 6. The molecule has 1 amide bonds. The van der Waals surface area contributed by atoms with E-state index in [4.69, 9.17) is 4.98 Å².